The van der Waals surface area contributed by atoms with Crippen molar-refractivity contribution >= 4 is 0 Å². The maximum Gasteiger partial charge on any atom is 0.0541 e. The third-order valence-corrected chi connectivity index (χ3v) is 3.40. The van der Waals surface area contributed by atoms with Gasteiger partial charge in [0.15, 0.2) is 0 Å². The first-order valence-electron chi connectivity index (χ1n) is 6.49. The number of nitrogens with one attached hydrogen (secondary N) is 1. The normalized spacial score (nSPS) is 18.3. The van der Waals surface area contributed by atoms with E-state index in [1.54, 1.807) is 0 Å². The largest absolute Gasteiger partial charge is 0.308 e. The van der Waals surface area contributed by atoms with E-state index in [0.717, 1.165) is 12.2 Å². The Balaban J connectivity index is 1.79. The van der Waals surface area contributed by atoms with Gasteiger partial charge in [0.25, 0.3) is 0 Å². The molecule has 2 nitrogen and oxygen atoms in total. The Hall–Kier alpha value is -0.890. The summed E-state index contributed by atoms with van der Waals surface area (Å²) in [6.07, 6.45) is 10.2. The first-order valence-corrected chi connectivity index (χ1v) is 6.49. The molecule has 1 saturated carbocycles. The average molecular weight is 218 g/mol. The second-order valence-corrected chi connectivity index (χ2v) is 4.90. The quantitative estimate of drug-likeness (QED) is 0.788. The molecule has 1 aliphatic rings. The van der Waals surface area contributed by atoms with Crippen LogP contribution >= 0.6 is 0 Å². The van der Waals surface area contributed by atoms with Crippen molar-refractivity contribution in [2.24, 2.45) is 0 Å². The van der Waals surface area contributed by atoms with E-state index >= 15 is 0 Å². The lowest BCUT2D eigenvalue weighted by Crippen LogP contribution is -2.28. The summed E-state index contributed by atoms with van der Waals surface area (Å²) in [5.74, 6) is 0. The number of aromatic nitrogens is 1. The number of aryl methyl sites for hydroxylation is 1. The van der Waals surface area contributed by atoms with Crippen LogP contribution in [0.15, 0.2) is 18.3 Å². The minimum atomic E-state index is 0.714. The smallest absolute Gasteiger partial charge is 0.0541 e. The first kappa shape index (κ1) is 11.6. The highest BCUT2D eigenvalue weighted by molar-refractivity contribution is 5.12. The van der Waals surface area contributed by atoms with Gasteiger partial charge < -0.3 is 5.32 Å². The third-order valence-electron chi connectivity index (χ3n) is 3.40. The Morgan fingerprint density at radius 2 is 1.94 bits per heavy atom. The van der Waals surface area contributed by atoms with Gasteiger partial charge in [-0.05, 0) is 31.4 Å². The summed E-state index contributed by atoms with van der Waals surface area (Å²) in [6, 6.07) is 4.97. The molecule has 0 bridgehead atoms. The van der Waals surface area contributed by atoms with Crippen molar-refractivity contribution in [2.75, 3.05) is 0 Å². The molecule has 1 N–H and O–H groups in total. The lowest BCUT2D eigenvalue weighted by atomic mass is 10.1. The molecule has 0 saturated heterocycles. The predicted molar refractivity (Wildman–Crippen MR) is 67.3 cm³/mol. The second-order valence-electron chi connectivity index (χ2n) is 4.90. The standard InChI is InChI=1S/C14H22N2/c1-12-8-9-14(15-10-12)11-16-13-6-4-2-3-5-7-13/h8-10,13,16H,2-7,11H2,1H3. The van der Waals surface area contributed by atoms with Crippen LogP contribution in [0, 0.1) is 6.92 Å². The molecular weight excluding hydrogens is 196 g/mol. The van der Waals surface area contributed by atoms with E-state index in [9.17, 15) is 0 Å². The lowest BCUT2D eigenvalue weighted by molar-refractivity contribution is 0.456. The van der Waals surface area contributed by atoms with Crippen molar-refractivity contribution in [1.82, 2.24) is 10.3 Å². The van der Waals surface area contributed by atoms with Gasteiger partial charge >= 0.3 is 0 Å². The first-order chi connectivity index (χ1) is 7.84. The molecule has 0 radical (unpaired) electrons. The number of nitrogens with zero attached hydrogens (tertiary/aromatic N) is 1. The van der Waals surface area contributed by atoms with E-state index in [-0.39, 0.29) is 0 Å². The van der Waals surface area contributed by atoms with Crippen molar-refractivity contribution in [2.45, 2.75) is 58.0 Å². The Kier molecular flexibility index (Phi) is 4.34. The van der Waals surface area contributed by atoms with Crippen LogP contribution in [-0.2, 0) is 6.54 Å². The topological polar surface area (TPSA) is 24.9 Å². The lowest BCUT2D eigenvalue weighted by Gasteiger charge is -2.15. The molecule has 88 valence electrons. The van der Waals surface area contributed by atoms with Gasteiger partial charge in [-0.15, -0.1) is 0 Å². The minimum absolute atomic E-state index is 0.714. The van der Waals surface area contributed by atoms with E-state index in [4.69, 9.17) is 0 Å². The molecule has 0 unspecified atom stereocenters. The molecule has 1 heterocycles. The minimum Gasteiger partial charge on any atom is -0.308 e. The maximum absolute atomic E-state index is 4.42. The summed E-state index contributed by atoms with van der Waals surface area (Å²) in [6.45, 7) is 3.00. The van der Waals surface area contributed by atoms with Crippen LogP contribution in [0.5, 0.6) is 0 Å². The maximum atomic E-state index is 4.42. The highest BCUT2D eigenvalue weighted by Gasteiger charge is 2.11. The molecule has 0 spiro atoms. The van der Waals surface area contributed by atoms with Crippen LogP contribution in [0.4, 0.5) is 0 Å². The van der Waals surface area contributed by atoms with Crippen LogP contribution in [0.3, 0.4) is 0 Å². The molecule has 0 amide bonds. The van der Waals surface area contributed by atoms with E-state index in [2.05, 4.69) is 29.4 Å². The molecule has 1 aromatic rings. The van der Waals surface area contributed by atoms with Gasteiger partial charge in [0, 0.05) is 18.8 Å². The van der Waals surface area contributed by atoms with Gasteiger partial charge in [-0.2, -0.15) is 0 Å². The Morgan fingerprint density at radius 1 is 1.19 bits per heavy atom. The predicted octanol–water partition coefficient (Wildman–Crippen LogP) is 3.20. The highest BCUT2D eigenvalue weighted by atomic mass is 14.9. The second kappa shape index (κ2) is 6.00. The molecule has 0 atom stereocenters. The van der Waals surface area contributed by atoms with Crippen LogP contribution in [0.1, 0.15) is 49.8 Å². The monoisotopic (exact) mass is 218 g/mol. The zero-order valence-electron chi connectivity index (χ0n) is 10.2. The van der Waals surface area contributed by atoms with Crippen LogP contribution < -0.4 is 5.32 Å². The van der Waals surface area contributed by atoms with Crippen LogP contribution in [0.25, 0.3) is 0 Å². The number of rotatable bonds is 3. The SMILES string of the molecule is Cc1ccc(CNC2CCCCCC2)nc1. The summed E-state index contributed by atoms with van der Waals surface area (Å²) in [4.78, 5) is 4.42. The van der Waals surface area contributed by atoms with Crippen LogP contribution in [-0.4, -0.2) is 11.0 Å². The Bertz CT molecular complexity index is 297. The van der Waals surface area contributed by atoms with E-state index in [0.29, 0.717) is 6.04 Å². The summed E-state index contributed by atoms with van der Waals surface area (Å²) in [7, 11) is 0. The van der Waals surface area contributed by atoms with Crippen molar-refractivity contribution in [3.05, 3.63) is 29.6 Å². The zero-order chi connectivity index (χ0) is 11.2. The summed E-state index contributed by atoms with van der Waals surface area (Å²) in [5.41, 5.74) is 2.40. The molecule has 1 fully saturated rings. The van der Waals surface area contributed by atoms with Crippen molar-refractivity contribution in [3.8, 4) is 0 Å². The van der Waals surface area contributed by atoms with E-state index < -0.39 is 0 Å². The zero-order valence-corrected chi connectivity index (χ0v) is 10.2. The molecular formula is C14H22N2. The third kappa shape index (κ3) is 3.60. The summed E-state index contributed by atoms with van der Waals surface area (Å²) >= 11 is 0. The molecule has 1 aromatic heterocycles. The van der Waals surface area contributed by atoms with Gasteiger partial charge in [-0.1, -0.05) is 31.7 Å². The number of hydrogen-bond acceptors (Lipinski definition) is 2. The Morgan fingerprint density at radius 3 is 2.56 bits per heavy atom. The summed E-state index contributed by atoms with van der Waals surface area (Å²) in [5, 5.41) is 3.63. The van der Waals surface area contributed by atoms with Gasteiger partial charge in [0.1, 0.15) is 0 Å². The molecule has 0 aliphatic heterocycles. The van der Waals surface area contributed by atoms with E-state index in [1.165, 1.54) is 44.1 Å². The van der Waals surface area contributed by atoms with Gasteiger partial charge in [0.2, 0.25) is 0 Å². The molecule has 0 aromatic carbocycles. The molecule has 2 rings (SSSR count). The van der Waals surface area contributed by atoms with Crippen molar-refractivity contribution in [1.29, 1.82) is 0 Å². The van der Waals surface area contributed by atoms with E-state index in [1.807, 2.05) is 6.20 Å². The summed E-state index contributed by atoms with van der Waals surface area (Å²) < 4.78 is 0. The van der Waals surface area contributed by atoms with Crippen molar-refractivity contribution in [3.63, 3.8) is 0 Å². The van der Waals surface area contributed by atoms with Gasteiger partial charge in [-0.25, -0.2) is 0 Å². The Labute approximate surface area is 98.5 Å². The fourth-order valence-corrected chi connectivity index (χ4v) is 2.34. The van der Waals surface area contributed by atoms with Crippen molar-refractivity contribution < 1.29 is 0 Å². The fraction of sp³-hybridized carbons (Fsp3) is 0.643. The number of pyridine rings is 1. The van der Waals surface area contributed by atoms with Gasteiger partial charge in [0.05, 0.1) is 5.69 Å². The molecule has 2 heteroatoms. The fourth-order valence-electron chi connectivity index (χ4n) is 2.34. The average Bonchev–Trinajstić information content (AvgIpc) is 2.57. The molecule has 16 heavy (non-hydrogen) atoms. The van der Waals surface area contributed by atoms with Gasteiger partial charge in [-0.3, -0.25) is 4.98 Å². The number of hydrogen-bond donors (Lipinski definition) is 1. The molecule has 1 aliphatic carbocycles. The highest BCUT2D eigenvalue weighted by Crippen LogP contribution is 2.17. The van der Waals surface area contributed by atoms with Crippen LogP contribution in [0.2, 0.25) is 0 Å².